The number of benzene rings is 1. The van der Waals surface area contributed by atoms with Crippen molar-refractivity contribution in [2.24, 2.45) is 14.1 Å². The van der Waals surface area contributed by atoms with Crippen molar-refractivity contribution in [2.45, 2.75) is 0 Å². The third kappa shape index (κ3) is 3.22. The van der Waals surface area contributed by atoms with E-state index in [4.69, 9.17) is 0 Å². The van der Waals surface area contributed by atoms with Crippen molar-refractivity contribution < 1.29 is 9.59 Å². The number of hydrogen-bond donors (Lipinski definition) is 2. The van der Waals surface area contributed by atoms with E-state index in [1.807, 2.05) is 0 Å². The Morgan fingerprint density at radius 2 is 1.74 bits per heavy atom. The first-order valence-electron chi connectivity index (χ1n) is 8.02. The van der Waals surface area contributed by atoms with Crippen LogP contribution >= 0.6 is 0 Å². The van der Waals surface area contributed by atoms with Gasteiger partial charge in [-0.2, -0.15) is 0 Å². The smallest absolute Gasteiger partial charge is 0.332 e. The summed E-state index contributed by atoms with van der Waals surface area (Å²) in [6.45, 7) is 0. The predicted octanol–water partition coefficient (Wildman–Crippen LogP) is 0.244. The lowest BCUT2D eigenvalue weighted by molar-refractivity contribution is 0.0961. The van der Waals surface area contributed by atoms with Crippen LogP contribution in [0.1, 0.15) is 20.7 Å². The molecule has 1 aromatic carbocycles. The van der Waals surface area contributed by atoms with Gasteiger partial charge in [-0.15, -0.1) is 0 Å². The van der Waals surface area contributed by atoms with Gasteiger partial charge in [-0.1, -0.05) is 6.07 Å². The molecule has 3 rings (SSSR count). The van der Waals surface area contributed by atoms with Crippen molar-refractivity contribution in [3.05, 3.63) is 68.5 Å². The molecule has 9 nitrogen and oxygen atoms in total. The minimum absolute atomic E-state index is 0.156. The summed E-state index contributed by atoms with van der Waals surface area (Å²) < 4.78 is 2.20. The summed E-state index contributed by atoms with van der Waals surface area (Å²) in [5, 5.41) is 5.33. The SMILES string of the molecule is CNC(=O)c1cccc(NC(=O)c2cnc3c(c2)c(=O)n(C)c(=O)n3C)c1. The maximum absolute atomic E-state index is 12.5. The molecule has 9 heteroatoms. The van der Waals surface area contributed by atoms with E-state index in [-0.39, 0.29) is 22.5 Å². The van der Waals surface area contributed by atoms with Crippen LogP contribution in [-0.2, 0) is 14.1 Å². The molecule has 0 aliphatic carbocycles. The lowest BCUT2D eigenvalue weighted by Gasteiger charge is -2.09. The summed E-state index contributed by atoms with van der Waals surface area (Å²) in [6, 6.07) is 7.83. The van der Waals surface area contributed by atoms with E-state index in [1.54, 1.807) is 18.2 Å². The van der Waals surface area contributed by atoms with E-state index >= 15 is 0 Å². The Hall–Kier alpha value is -3.75. The maximum Gasteiger partial charge on any atom is 0.332 e. The van der Waals surface area contributed by atoms with E-state index < -0.39 is 17.2 Å². The van der Waals surface area contributed by atoms with Gasteiger partial charge in [0.05, 0.1) is 10.9 Å². The van der Waals surface area contributed by atoms with Gasteiger partial charge >= 0.3 is 5.69 Å². The highest BCUT2D eigenvalue weighted by Crippen LogP contribution is 2.14. The summed E-state index contributed by atoms with van der Waals surface area (Å²) in [5.41, 5.74) is 0.148. The second-order valence-electron chi connectivity index (χ2n) is 5.91. The van der Waals surface area contributed by atoms with Gasteiger partial charge in [0.15, 0.2) is 0 Å². The van der Waals surface area contributed by atoms with Crippen molar-refractivity contribution in [2.75, 3.05) is 12.4 Å². The number of nitrogens with one attached hydrogen (secondary N) is 2. The number of nitrogens with zero attached hydrogens (tertiary/aromatic N) is 3. The molecule has 0 aliphatic heterocycles. The summed E-state index contributed by atoms with van der Waals surface area (Å²) in [7, 11) is 4.38. The van der Waals surface area contributed by atoms with Crippen molar-refractivity contribution in [1.29, 1.82) is 0 Å². The Labute approximate surface area is 153 Å². The molecule has 0 atom stereocenters. The Balaban J connectivity index is 1.99. The normalized spacial score (nSPS) is 10.6. The van der Waals surface area contributed by atoms with E-state index in [1.165, 1.54) is 44.0 Å². The molecule has 0 unspecified atom stereocenters. The van der Waals surface area contributed by atoms with Crippen molar-refractivity contribution >= 4 is 28.5 Å². The number of hydrogen-bond acceptors (Lipinski definition) is 5. The Morgan fingerprint density at radius 3 is 2.44 bits per heavy atom. The molecule has 2 N–H and O–H groups in total. The predicted molar refractivity (Wildman–Crippen MR) is 100 cm³/mol. The molecule has 2 amide bonds. The average molecular weight is 367 g/mol. The first-order chi connectivity index (χ1) is 12.8. The van der Waals surface area contributed by atoms with Crippen molar-refractivity contribution in [3.8, 4) is 0 Å². The quantitative estimate of drug-likeness (QED) is 0.688. The molecule has 0 aliphatic rings. The highest BCUT2D eigenvalue weighted by Gasteiger charge is 2.14. The molecule has 0 saturated carbocycles. The molecule has 0 spiro atoms. The van der Waals surface area contributed by atoms with Gasteiger partial charge in [0.25, 0.3) is 17.4 Å². The molecule has 27 heavy (non-hydrogen) atoms. The van der Waals surface area contributed by atoms with Gasteiger partial charge in [-0.3, -0.25) is 23.5 Å². The minimum atomic E-state index is -0.531. The van der Waals surface area contributed by atoms with Crippen molar-refractivity contribution in [1.82, 2.24) is 19.4 Å². The van der Waals surface area contributed by atoms with Crippen LogP contribution in [0.15, 0.2) is 46.1 Å². The summed E-state index contributed by atoms with van der Waals surface area (Å²) >= 11 is 0. The molecule has 0 radical (unpaired) electrons. The number of aryl methyl sites for hydroxylation is 1. The maximum atomic E-state index is 12.5. The largest absolute Gasteiger partial charge is 0.355 e. The summed E-state index contributed by atoms with van der Waals surface area (Å²) in [4.78, 5) is 52.6. The number of fused-ring (bicyclic) bond motifs is 1. The number of aromatic nitrogens is 3. The topological polar surface area (TPSA) is 115 Å². The first kappa shape index (κ1) is 18.1. The van der Waals surface area contributed by atoms with E-state index in [9.17, 15) is 19.2 Å². The van der Waals surface area contributed by atoms with Gasteiger partial charge in [0.2, 0.25) is 0 Å². The zero-order valence-electron chi connectivity index (χ0n) is 14.9. The molecule has 0 bridgehead atoms. The number of anilines is 1. The standard InChI is InChI=1S/C18H17N5O4/c1-19-15(24)10-5-4-6-12(7-10)21-16(25)11-8-13-14(20-9-11)22(2)18(27)23(3)17(13)26/h4-9H,1-3H3,(H,19,24)(H,21,25). The Morgan fingerprint density at radius 1 is 1.00 bits per heavy atom. The molecule has 138 valence electrons. The van der Waals surface area contributed by atoms with E-state index in [0.29, 0.717) is 11.3 Å². The Kier molecular flexibility index (Phi) is 4.59. The fourth-order valence-corrected chi connectivity index (χ4v) is 2.68. The van der Waals surface area contributed by atoms with Crippen LogP contribution in [-0.4, -0.2) is 33.0 Å². The van der Waals surface area contributed by atoms with Crippen LogP contribution in [0.4, 0.5) is 5.69 Å². The third-order valence-electron chi connectivity index (χ3n) is 4.17. The number of carbonyl (C=O) groups excluding carboxylic acids is 2. The van der Waals surface area contributed by atoms with Crippen LogP contribution in [0.3, 0.4) is 0 Å². The second-order valence-corrected chi connectivity index (χ2v) is 5.91. The van der Waals surface area contributed by atoms with Crippen LogP contribution in [0.2, 0.25) is 0 Å². The Bertz CT molecular complexity index is 1190. The molecule has 3 aromatic rings. The molecule has 2 aromatic heterocycles. The number of amides is 2. The van der Waals surface area contributed by atoms with Crippen LogP contribution in [0.5, 0.6) is 0 Å². The van der Waals surface area contributed by atoms with Gasteiger partial charge in [0, 0.05) is 38.6 Å². The lowest BCUT2D eigenvalue weighted by atomic mass is 10.1. The van der Waals surface area contributed by atoms with Gasteiger partial charge in [-0.05, 0) is 24.3 Å². The number of rotatable bonds is 3. The van der Waals surface area contributed by atoms with Gasteiger partial charge < -0.3 is 10.6 Å². The zero-order chi connectivity index (χ0) is 19.7. The molecular weight excluding hydrogens is 350 g/mol. The number of carbonyl (C=O) groups is 2. The highest BCUT2D eigenvalue weighted by atomic mass is 16.2. The third-order valence-corrected chi connectivity index (χ3v) is 4.17. The van der Waals surface area contributed by atoms with Gasteiger partial charge in [0.1, 0.15) is 5.65 Å². The minimum Gasteiger partial charge on any atom is -0.355 e. The van der Waals surface area contributed by atoms with Crippen LogP contribution in [0.25, 0.3) is 11.0 Å². The van der Waals surface area contributed by atoms with E-state index in [0.717, 1.165) is 4.57 Å². The van der Waals surface area contributed by atoms with Crippen LogP contribution in [0, 0.1) is 0 Å². The summed E-state index contributed by atoms with van der Waals surface area (Å²) in [5.74, 6) is -0.766. The molecule has 0 fully saturated rings. The second kappa shape index (κ2) is 6.87. The molecule has 2 heterocycles. The van der Waals surface area contributed by atoms with Gasteiger partial charge in [-0.25, -0.2) is 9.78 Å². The van der Waals surface area contributed by atoms with Crippen LogP contribution < -0.4 is 21.9 Å². The highest BCUT2D eigenvalue weighted by molar-refractivity contribution is 6.06. The average Bonchev–Trinajstić information content (AvgIpc) is 2.69. The summed E-state index contributed by atoms with van der Waals surface area (Å²) in [6.07, 6.45) is 1.29. The lowest BCUT2D eigenvalue weighted by Crippen LogP contribution is -2.37. The van der Waals surface area contributed by atoms with Crippen molar-refractivity contribution in [3.63, 3.8) is 0 Å². The fraction of sp³-hybridized carbons (Fsp3) is 0.167. The first-order valence-corrected chi connectivity index (χ1v) is 8.02. The molecule has 0 saturated heterocycles. The zero-order valence-corrected chi connectivity index (χ0v) is 14.9. The van der Waals surface area contributed by atoms with E-state index in [2.05, 4.69) is 15.6 Å². The monoisotopic (exact) mass is 367 g/mol. The number of pyridine rings is 1. The fourth-order valence-electron chi connectivity index (χ4n) is 2.68. The molecular formula is C18H17N5O4.